The number of hydrogen-bond donors (Lipinski definition) is 0. The molecule has 0 heterocycles. The molecule has 1 unspecified atom stereocenters. The minimum absolute atomic E-state index is 0.371. The van der Waals surface area contributed by atoms with E-state index in [1.165, 1.54) is 44.9 Å². The first kappa shape index (κ1) is 15.6. The van der Waals surface area contributed by atoms with E-state index in [-0.39, 0.29) is 0 Å². The van der Waals surface area contributed by atoms with Gasteiger partial charge in [-0.1, -0.05) is 66.2 Å². The second-order valence-corrected chi connectivity index (χ2v) is 6.03. The first-order valence-corrected chi connectivity index (χ1v) is 6.95. The molecule has 0 aromatic heterocycles. The van der Waals surface area contributed by atoms with Crippen LogP contribution in [0.3, 0.4) is 0 Å². The Labute approximate surface area is 103 Å². The summed E-state index contributed by atoms with van der Waals surface area (Å²) in [7, 11) is 0. The summed E-state index contributed by atoms with van der Waals surface area (Å²) < 4.78 is 0. The fourth-order valence-corrected chi connectivity index (χ4v) is 2.15. The molecule has 94 valence electrons. The standard InChI is InChI=1S/C16H30/c1-6-8-9-10-11-12-14-15(13-7-2)16(3,4)5/h2,15H,6,8-14H2,1,3-5H3. The first-order valence-electron chi connectivity index (χ1n) is 6.95. The molecule has 0 aliphatic heterocycles. The quantitative estimate of drug-likeness (QED) is 0.380. The van der Waals surface area contributed by atoms with Crippen molar-refractivity contribution in [2.45, 2.75) is 79.1 Å². The molecule has 0 aliphatic carbocycles. The van der Waals surface area contributed by atoms with Crippen LogP contribution in [0.5, 0.6) is 0 Å². The van der Waals surface area contributed by atoms with Crippen LogP contribution in [0.25, 0.3) is 0 Å². The van der Waals surface area contributed by atoms with Gasteiger partial charge in [0.2, 0.25) is 0 Å². The molecule has 0 saturated carbocycles. The second kappa shape index (κ2) is 8.68. The van der Waals surface area contributed by atoms with Crippen LogP contribution in [0, 0.1) is 23.7 Å². The number of hydrogen-bond acceptors (Lipinski definition) is 0. The topological polar surface area (TPSA) is 0 Å². The van der Waals surface area contributed by atoms with Gasteiger partial charge in [-0.2, -0.15) is 0 Å². The maximum atomic E-state index is 5.45. The summed E-state index contributed by atoms with van der Waals surface area (Å²) in [4.78, 5) is 0. The second-order valence-electron chi connectivity index (χ2n) is 6.03. The molecule has 0 saturated heterocycles. The van der Waals surface area contributed by atoms with E-state index in [0.717, 1.165) is 6.42 Å². The molecule has 0 heteroatoms. The van der Waals surface area contributed by atoms with Gasteiger partial charge in [-0.15, -0.1) is 12.3 Å². The Morgan fingerprint density at radius 2 is 1.56 bits per heavy atom. The zero-order valence-electron chi connectivity index (χ0n) is 11.8. The fraction of sp³-hybridized carbons (Fsp3) is 0.875. The largest absolute Gasteiger partial charge is 0.120 e. The van der Waals surface area contributed by atoms with Crippen LogP contribution in [0.4, 0.5) is 0 Å². The monoisotopic (exact) mass is 222 g/mol. The zero-order chi connectivity index (χ0) is 12.4. The lowest BCUT2D eigenvalue weighted by Crippen LogP contribution is -2.19. The van der Waals surface area contributed by atoms with Crippen LogP contribution in [0.2, 0.25) is 0 Å². The molecular formula is C16H30. The van der Waals surface area contributed by atoms with Crippen molar-refractivity contribution in [1.29, 1.82) is 0 Å². The van der Waals surface area contributed by atoms with E-state index in [9.17, 15) is 0 Å². The van der Waals surface area contributed by atoms with Crippen molar-refractivity contribution in [2.24, 2.45) is 11.3 Å². The van der Waals surface area contributed by atoms with Crippen molar-refractivity contribution in [3.05, 3.63) is 0 Å². The van der Waals surface area contributed by atoms with Crippen molar-refractivity contribution in [2.75, 3.05) is 0 Å². The van der Waals surface area contributed by atoms with E-state index in [1.54, 1.807) is 0 Å². The Kier molecular flexibility index (Phi) is 8.44. The molecule has 0 radical (unpaired) electrons. The lowest BCUT2D eigenvalue weighted by atomic mass is 9.76. The van der Waals surface area contributed by atoms with Crippen molar-refractivity contribution in [1.82, 2.24) is 0 Å². The van der Waals surface area contributed by atoms with Gasteiger partial charge >= 0.3 is 0 Å². The van der Waals surface area contributed by atoms with E-state index in [1.807, 2.05) is 0 Å². The molecule has 16 heavy (non-hydrogen) atoms. The average molecular weight is 222 g/mol. The Balaban J connectivity index is 3.66. The normalized spacial score (nSPS) is 13.4. The van der Waals surface area contributed by atoms with E-state index >= 15 is 0 Å². The molecule has 0 aromatic rings. The van der Waals surface area contributed by atoms with Gasteiger partial charge in [0.1, 0.15) is 0 Å². The average Bonchev–Trinajstić information content (AvgIpc) is 2.20. The minimum Gasteiger partial charge on any atom is -0.120 e. The maximum Gasteiger partial charge on any atom is 0.0119 e. The summed E-state index contributed by atoms with van der Waals surface area (Å²) in [6.45, 7) is 9.20. The Morgan fingerprint density at radius 3 is 2.06 bits per heavy atom. The lowest BCUT2D eigenvalue weighted by molar-refractivity contribution is 0.224. The summed E-state index contributed by atoms with van der Waals surface area (Å²) in [6.07, 6.45) is 16.0. The molecule has 0 nitrogen and oxygen atoms in total. The van der Waals surface area contributed by atoms with Gasteiger partial charge in [0.25, 0.3) is 0 Å². The molecule has 0 rings (SSSR count). The van der Waals surface area contributed by atoms with Crippen molar-refractivity contribution >= 4 is 0 Å². The van der Waals surface area contributed by atoms with Gasteiger partial charge in [-0.05, 0) is 17.8 Å². The van der Waals surface area contributed by atoms with Crippen molar-refractivity contribution < 1.29 is 0 Å². The molecule has 0 N–H and O–H groups in total. The fourth-order valence-electron chi connectivity index (χ4n) is 2.15. The number of rotatable bonds is 8. The SMILES string of the molecule is C#CCC(CCCCCCCC)C(C)(C)C. The number of terminal acetylenes is 1. The molecule has 0 fully saturated rings. The molecule has 0 aliphatic rings. The summed E-state index contributed by atoms with van der Waals surface area (Å²) in [5.74, 6) is 3.53. The van der Waals surface area contributed by atoms with Gasteiger partial charge in [0.05, 0.1) is 0 Å². The summed E-state index contributed by atoms with van der Waals surface area (Å²) >= 11 is 0. The van der Waals surface area contributed by atoms with Crippen LogP contribution >= 0.6 is 0 Å². The predicted molar refractivity (Wildman–Crippen MR) is 74.4 cm³/mol. The Morgan fingerprint density at radius 1 is 1.00 bits per heavy atom. The van der Waals surface area contributed by atoms with E-state index < -0.39 is 0 Å². The van der Waals surface area contributed by atoms with Gasteiger partial charge in [-0.25, -0.2) is 0 Å². The highest BCUT2D eigenvalue weighted by molar-refractivity contribution is 4.90. The van der Waals surface area contributed by atoms with E-state index in [4.69, 9.17) is 6.42 Å². The zero-order valence-corrected chi connectivity index (χ0v) is 11.8. The van der Waals surface area contributed by atoms with Crippen molar-refractivity contribution in [3.63, 3.8) is 0 Å². The third-order valence-electron chi connectivity index (χ3n) is 3.50. The third kappa shape index (κ3) is 7.80. The highest BCUT2D eigenvalue weighted by Gasteiger charge is 2.22. The van der Waals surface area contributed by atoms with Gasteiger partial charge in [0, 0.05) is 6.42 Å². The van der Waals surface area contributed by atoms with Crippen molar-refractivity contribution in [3.8, 4) is 12.3 Å². The first-order chi connectivity index (χ1) is 7.52. The van der Waals surface area contributed by atoms with E-state index in [2.05, 4.69) is 33.6 Å². The van der Waals surface area contributed by atoms with Crippen LogP contribution in [-0.2, 0) is 0 Å². The maximum absolute atomic E-state index is 5.45. The Bertz CT molecular complexity index is 189. The van der Waals surface area contributed by atoms with Crippen LogP contribution in [0.15, 0.2) is 0 Å². The van der Waals surface area contributed by atoms with Gasteiger partial charge < -0.3 is 0 Å². The van der Waals surface area contributed by atoms with Gasteiger partial charge in [-0.3, -0.25) is 0 Å². The Hall–Kier alpha value is -0.440. The summed E-state index contributed by atoms with van der Waals surface area (Å²) in [5.41, 5.74) is 0.371. The highest BCUT2D eigenvalue weighted by atomic mass is 14.3. The minimum atomic E-state index is 0.371. The van der Waals surface area contributed by atoms with E-state index in [0.29, 0.717) is 11.3 Å². The van der Waals surface area contributed by atoms with Gasteiger partial charge in [0.15, 0.2) is 0 Å². The predicted octanol–water partition coefficient (Wildman–Crippen LogP) is 5.42. The smallest absolute Gasteiger partial charge is 0.0119 e. The van der Waals surface area contributed by atoms with Crippen LogP contribution in [-0.4, -0.2) is 0 Å². The molecule has 0 spiro atoms. The summed E-state index contributed by atoms with van der Waals surface area (Å²) in [6, 6.07) is 0. The molecular weight excluding hydrogens is 192 g/mol. The molecule has 0 aromatic carbocycles. The van der Waals surface area contributed by atoms with Crippen LogP contribution < -0.4 is 0 Å². The molecule has 0 bridgehead atoms. The number of unbranched alkanes of at least 4 members (excludes halogenated alkanes) is 5. The third-order valence-corrected chi connectivity index (χ3v) is 3.50. The molecule has 0 amide bonds. The molecule has 1 atom stereocenters. The lowest BCUT2D eigenvalue weighted by Gasteiger charge is -2.29. The summed E-state index contributed by atoms with van der Waals surface area (Å²) in [5, 5.41) is 0. The highest BCUT2D eigenvalue weighted by Crippen LogP contribution is 2.32. The van der Waals surface area contributed by atoms with Crippen LogP contribution in [0.1, 0.15) is 79.1 Å².